The normalized spacial score (nSPS) is 15.0. The Hall–Kier alpha value is -3.18. The number of hydrogen-bond donors (Lipinski definition) is 2. The topological polar surface area (TPSA) is 151 Å². The molecule has 2 heterocycles. The molecule has 224 valence electrons. The Morgan fingerprint density at radius 3 is 2.29 bits per heavy atom. The molecule has 1 fully saturated rings. The summed E-state index contributed by atoms with van der Waals surface area (Å²) in [7, 11) is -3.69. The van der Waals surface area contributed by atoms with Crippen molar-refractivity contribution in [3.8, 4) is 11.4 Å². The second kappa shape index (κ2) is 15.7. The van der Waals surface area contributed by atoms with Gasteiger partial charge in [-0.1, -0.05) is 30.3 Å². The van der Waals surface area contributed by atoms with Gasteiger partial charge in [-0.05, 0) is 46.2 Å². The fraction of sp³-hybridized carbons (Fsp3) is 0.536. The third kappa shape index (κ3) is 10.00. The molecule has 0 bridgehead atoms. The highest BCUT2D eigenvalue weighted by Crippen LogP contribution is 2.48. The Kier molecular flexibility index (Phi) is 12.4. The Bertz CT molecular complexity index is 1210. The van der Waals surface area contributed by atoms with Crippen LogP contribution in [-0.4, -0.2) is 101 Å². The molecular formula is C28H40N5O7P. The van der Waals surface area contributed by atoms with Crippen molar-refractivity contribution >= 4 is 25.4 Å². The zero-order chi connectivity index (χ0) is 29.8. The molecule has 3 rings (SSSR count). The number of rotatable bonds is 15. The number of nitrogens with one attached hydrogen (secondary N) is 1. The molecule has 0 saturated carbocycles. The van der Waals surface area contributed by atoms with Crippen LogP contribution in [0.25, 0.3) is 11.4 Å². The van der Waals surface area contributed by atoms with Gasteiger partial charge in [-0.25, -0.2) is 9.97 Å². The van der Waals surface area contributed by atoms with Gasteiger partial charge < -0.3 is 24.4 Å². The second-order valence-corrected chi connectivity index (χ2v) is 11.9. The molecule has 1 atom stereocenters. The molecule has 1 saturated heterocycles. The Balaban J connectivity index is 1.76. The Labute approximate surface area is 241 Å². The number of unbranched alkanes of at least 4 members (excludes halogenated alkanes) is 1. The number of carboxylic acid groups (broad SMARTS) is 1. The maximum absolute atomic E-state index is 13.7. The van der Waals surface area contributed by atoms with Gasteiger partial charge in [0.2, 0.25) is 5.91 Å². The van der Waals surface area contributed by atoms with E-state index in [1.807, 2.05) is 30.3 Å². The summed E-state index contributed by atoms with van der Waals surface area (Å²) in [6.45, 7) is 8.18. The minimum Gasteiger partial charge on any atom is -0.481 e. The number of carbonyl (C=O) groups excluding carboxylic acids is 2. The van der Waals surface area contributed by atoms with Gasteiger partial charge >= 0.3 is 13.6 Å². The van der Waals surface area contributed by atoms with Crippen LogP contribution in [0.5, 0.6) is 0 Å². The van der Waals surface area contributed by atoms with Crippen molar-refractivity contribution in [2.75, 3.05) is 52.1 Å². The van der Waals surface area contributed by atoms with E-state index in [0.717, 1.165) is 18.5 Å². The first-order valence-corrected chi connectivity index (χ1v) is 15.7. The molecule has 2 N–H and O–H groups in total. The summed E-state index contributed by atoms with van der Waals surface area (Å²) in [6.07, 6.45) is 1.18. The number of nitrogens with zero attached hydrogens (tertiary/aromatic N) is 4. The van der Waals surface area contributed by atoms with E-state index in [0.29, 0.717) is 44.1 Å². The number of aryl methyl sites for hydroxylation is 1. The highest BCUT2D eigenvalue weighted by molar-refractivity contribution is 7.54. The molecule has 1 aromatic heterocycles. The average Bonchev–Trinajstić information content (AvgIpc) is 2.95. The third-order valence-corrected chi connectivity index (χ3v) is 8.69. The van der Waals surface area contributed by atoms with E-state index in [2.05, 4.69) is 20.2 Å². The summed E-state index contributed by atoms with van der Waals surface area (Å²) >= 11 is 0. The van der Waals surface area contributed by atoms with Crippen LogP contribution < -0.4 is 5.32 Å². The van der Waals surface area contributed by atoms with E-state index in [-0.39, 0.29) is 37.4 Å². The molecule has 1 aromatic carbocycles. The number of carboxylic acids is 1. The second-order valence-electron chi connectivity index (χ2n) is 9.76. The zero-order valence-corrected chi connectivity index (χ0v) is 24.8. The highest BCUT2D eigenvalue weighted by Gasteiger charge is 2.37. The van der Waals surface area contributed by atoms with Gasteiger partial charge in [-0.3, -0.25) is 23.8 Å². The minimum atomic E-state index is -3.69. The number of hydrogen-bond acceptors (Lipinski definition) is 9. The van der Waals surface area contributed by atoms with E-state index in [4.69, 9.17) is 14.2 Å². The van der Waals surface area contributed by atoms with Gasteiger partial charge in [0.25, 0.3) is 5.91 Å². The van der Waals surface area contributed by atoms with Gasteiger partial charge in [0, 0.05) is 43.9 Å². The smallest absolute Gasteiger partial charge is 0.333 e. The van der Waals surface area contributed by atoms with Crippen molar-refractivity contribution in [2.24, 2.45) is 0 Å². The van der Waals surface area contributed by atoms with Crippen molar-refractivity contribution in [1.82, 2.24) is 25.1 Å². The monoisotopic (exact) mass is 589 g/mol. The van der Waals surface area contributed by atoms with Crippen LogP contribution in [0.15, 0.2) is 36.4 Å². The van der Waals surface area contributed by atoms with Crippen LogP contribution in [-0.2, 0) is 23.2 Å². The maximum atomic E-state index is 13.7. The standard InChI is InChI=1S/C28H40N5O7P/c1-4-39-41(38,40-5-2)20-24(28(37)33-17-15-32(16-18-33)14-10-9-13-25(34)35)31-27(36)23-19-21(3)29-26(30-23)22-11-7-6-8-12-22/h6-8,11-12,19,24H,4-5,9-10,13-18,20H2,1-3H3,(H,31,36)(H,34,35)/t24-/m0/s1. The van der Waals surface area contributed by atoms with E-state index in [1.54, 1.807) is 25.7 Å². The van der Waals surface area contributed by atoms with Gasteiger partial charge in [-0.2, -0.15) is 0 Å². The first-order chi connectivity index (χ1) is 19.6. The lowest BCUT2D eigenvalue weighted by Crippen LogP contribution is -2.56. The van der Waals surface area contributed by atoms with Crippen LogP contribution >= 0.6 is 7.60 Å². The fourth-order valence-electron chi connectivity index (χ4n) is 4.60. The van der Waals surface area contributed by atoms with E-state index < -0.39 is 25.5 Å². The first-order valence-electron chi connectivity index (χ1n) is 14.0. The maximum Gasteiger partial charge on any atom is 0.333 e. The van der Waals surface area contributed by atoms with Gasteiger partial charge in [0.15, 0.2) is 5.82 Å². The lowest BCUT2D eigenvalue weighted by Gasteiger charge is -2.37. The molecular weight excluding hydrogens is 549 g/mol. The molecule has 1 aliphatic heterocycles. The van der Waals surface area contributed by atoms with Crippen molar-refractivity contribution in [3.05, 3.63) is 47.8 Å². The summed E-state index contributed by atoms with van der Waals surface area (Å²) in [6, 6.07) is 9.64. The molecule has 0 aliphatic carbocycles. The van der Waals surface area contributed by atoms with E-state index in [9.17, 15) is 18.9 Å². The van der Waals surface area contributed by atoms with Crippen LogP contribution in [0.2, 0.25) is 0 Å². The molecule has 0 unspecified atom stereocenters. The highest BCUT2D eigenvalue weighted by atomic mass is 31.2. The number of aliphatic carboxylic acids is 1. The SMILES string of the molecule is CCOP(=O)(C[C@H](NC(=O)c1cc(C)nc(-c2ccccc2)n1)C(=O)N1CCN(CCCCC(=O)O)CC1)OCC. The van der Waals surface area contributed by atoms with Crippen LogP contribution in [0, 0.1) is 6.92 Å². The van der Waals surface area contributed by atoms with E-state index >= 15 is 0 Å². The molecule has 0 radical (unpaired) electrons. The zero-order valence-electron chi connectivity index (χ0n) is 24.0. The summed E-state index contributed by atoms with van der Waals surface area (Å²) < 4.78 is 24.3. The molecule has 1 aliphatic rings. The molecule has 12 nitrogen and oxygen atoms in total. The molecule has 41 heavy (non-hydrogen) atoms. The lowest BCUT2D eigenvalue weighted by atomic mass is 10.2. The molecule has 2 aromatic rings. The van der Waals surface area contributed by atoms with Crippen molar-refractivity contribution < 1.29 is 33.1 Å². The number of piperazine rings is 1. The quantitative estimate of drug-likeness (QED) is 0.234. The summed E-state index contributed by atoms with van der Waals surface area (Å²) in [5, 5.41) is 11.6. The van der Waals surface area contributed by atoms with Crippen molar-refractivity contribution in [2.45, 2.75) is 46.1 Å². The Morgan fingerprint density at radius 2 is 1.68 bits per heavy atom. The predicted molar refractivity (Wildman–Crippen MR) is 154 cm³/mol. The van der Waals surface area contributed by atoms with Crippen molar-refractivity contribution in [3.63, 3.8) is 0 Å². The minimum absolute atomic E-state index is 0.0861. The Morgan fingerprint density at radius 1 is 1.02 bits per heavy atom. The predicted octanol–water partition coefficient (Wildman–Crippen LogP) is 3.22. The first kappa shape index (κ1) is 32.3. The number of amides is 2. The summed E-state index contributed by atoms with van der Waals surface area (Å²) in [4.78, 5) is 50.6. The average molecular weight is 590 g/mol. The van der Waals surface area contributed by atoms with Crippen LogP contribution in [0.1, 0.15) is 49.3 Å². The van der Waals surface area contributed by atoms with Crippen LogP contribution in [0.3, 0.4) is 0 Å². The van der Waals surface area contributed by atoms with E-state index in [1.165, 1.54) is 6.07 Å². The molecule has 2 amide bonds. The molecule has 13 heteroatoms. The van der Waals surface area contributed by atoms with Crippen LogP contribution in [0.4, 0.5) is 0 Å². The van der Waals surface area contributed by atoms with Gasteiger partial charge in [0.05, 0.1) is 19.4 Å². The summed E-state index contributed by atoms with van der Waals surface area (Å²) in [5.74, 6) is -1.40. The number of aromatic nitrogens is 2. The lowest BCUT2D eigenvalue weighted by molar-refractivity contribution is -0.137. The largest absolute Gasteiger partial charge is 0.481 e. The summed E-state index contributed by atoms with van der Waals surface area (Å²) in [5.41, 5.74) is 1.42. The third-order valence-electron chi connectivity index (χ3n) is 6.58. The van der Waals surface area contributed by atoms with Gasteiger partial charge in [0.1, 0.15) is 11.7 Å². The van der Waals surface area contributed by atoms with Crippen molar-refractivity contribution in [1.29, 1.82) is 0 Å². The number of carbonyl (C=O) groups is 3. The fourth-order valence-corrected chi connectivity index (χ4v) is 6.37. The molecule has 0 spiro atoms. The van der Waals surface area contributed by atoms with Gasteiger partial charge in [-0.15, -0.1) is 0 Å². The number of benzene rings is 1.